The molecule has 7 heteroatoms. The van der Waals surface area contributed by atoms with Crippen LogP contribution in [0.15, 0.2) is 65.7 Å². The Kier molecular flexibility index (Phi) is 5.99. The molecule has 0 aliphatic rings. The molecule has 3 rings (SSSR count). The number of anilines is 1. The van der Waals surface area contributed by atoms with Gasteiger partial charge in [-0.25, -0.2) is 14.6 Å². The van der Waals surface area contributed by atoms with Crippen molar-refractivity contribution < 1.29 is 13.6 Å². The topological polar surface area (TPSA) is 79.5 Å². The second-order valence-corrected chi connectivity index (χ2v) is 6.37. The lowest BCUT2D eigenvalue weighted by Crippen LogP contribution is -2.31. The van der Waals surface area contributed by atoms with Gasteiger partial charge in [-0.2, -0.15) is 0 Å². The molecule has 1 amide bonds. The van der Waals surface area contributed by atoms with Gasteiger partial charge in [0.25, 0.3) is 5.91 Å². The van der Waals surface area contributed by atoms with E-state index >= 15 is 0 Å². The monoisotopic (exact) mass is 394 g/mol. The Hall–Kier alpha value is -3.58. The lowest BCUT2D eigenvalue weighted by molar-refractivity contribution is 0.101. The summed E-state index contributed by atoms with van der Waals surface area (Å²) >= 11 is 0. The minimum Gasteiger partial charge on any atom is -0.322 e. The third-order valence-electron chi connectivity index (χ3n) is 4.51. The standard InChI is InChI=1S/C22H20F2N4O/c1-13-6-7-15(21(26-2)28-25)12-17(13)14-8-10-16(11-9-14)27-22(29)20-18(23)4-3-5-19(20)24/h3-12H,25H2,1-2H3,(H,26,28)(H,27,29). The molecule has 0 saturated carbocycles. The van der Waals surface area contributed by atoms with Gasteiger partial charge in [-0.05, 0) is 53.9 Å². The van der Waals surface area contributed by atoms with E-state index < -0.39 is 23.1 Å². The number of rotatable bonds is 4. The van der Waals surface area contributed by atoms with Gasteiger partial charge in [-0.3, -0.25) is 9.79 Å². The van der Waals surface area contributed by atoms with E-state index in [1.165, 1.54) is 6.07 Å². The van der Waals surface area contributed by atoms with Crippen molar-refractivity contribution in [3.63, 3.8) is 0 Å². The van der Waals surface area contributed by atoms with Gasteiger partial charge in [-0.15, -0.1) is 0 Å². The molecule has 0 spiro atoms. The zero-order valence-corrected chi connectivity index (χ0v) is 16.0. The van der Waals surface area contributed by atoms with Crippen molar-refractivity contribution in [2.24, 2.45) is 10.8 Å². The number of nitrogens with one attached hydrogen (secondary N) is 2. The highest BCUT2D eigenvalue weighted by molar-refractivity contribution is 6.04. The molecule has 0 aromatic heterocycles. The molecule has 0 bridgehead atoms. The predicted molar refractivity (Wildman–Crippen MR) is 111 cm³/mol. The molecule has 148 valence electrons. The number of nitrogens with zero attached hydrogens (tertiary/aromatic N) is 1. The van der Waals surface area contributed by atoms with E-state index in [9.17, 15) is 13.6 Å². The number of hydrazine groups is 1. The van der Waals surface area contributed by atoms with E-state index in [2.05, 4.69) is 15.7 Å². The lowest BCUT2D eigenvalue weighted by Gasteiger charge is -2.12. The number of carbonyl (C=O) groups is 1. The number of benzene rings is 3. The maximum Gasteiger partial charge on any atom is 0.261 e. The Labute approximate surface area is 167 Å². The van der Waals surface area contributed by atoms with Gasteiger partial charge >= 0.3 is 0 Å². The fraction of sp³-hybridized carbons (Fsp3) is 0.0909. The van der Waals surface area contributed by atoms with Crippen LogP contribution in [0.3, 0.4) is 0 Å². The highest BCUT2D eigenvalue weighted by atomic mass is 19.1. The maximum atomic E-state index is 13.8. The second-order valence-electron chi connectivity index (χ2n) is 6.37. The van der Waals surface area contributed by atoms with Crippen molar-refractivity contribution in [2.75, 3.05) is 12.4 Å². The Bertz CT molecular complexity index is 1060. The number of halogens is 2. The van der Waals surface area contributed by atoms with Crippen LogP contribution >= 0.6 is 0 Å². The Balaban J connectivity index is 1.86. The van der Waals surface area contributed by atoms with Crippen molar-refractivity contribution >= 4 is 17.4 Å². The minimum atomic E-state index is -0.909. The average molecular weight is 394 g/mol. The normalized spacial score (nSPS) is 11.3. The number of amidine groups is 1. The molecular weight excluding hydrogens is 374 g/mol. The van der Waals surface area contributed by atoms with E-state index in [1.54, 1.807) is 19.2 Å². The van der Waals surface area contributed by atoms with Gasteiger partial charge < -0.3 is 10.7 Å². The number of hydrogen-bond acceptors (Lipinski definition) is 3. The molecule has 0 atom stereocenters. The molecule has 0 fully saturated rings. The summed E-state index contributed by atoms with van der Waals surface area (Å²) in [5.74, 6) is 3.40. The van der Waals surface area contributed by atoms with Crippen LogP contribution in [0.25, 0.3) is 11.1 Å². The van der Waals surface area contributed by atoms with Gasteiger partial charge in [-0.1, -0.05) is 30.3 Å². The first-order chi connectivity index (χ1) is 13.9. The molecule has 29 heavy (non-hydrogen) atoms. The van der Waals surface area contributed by atoms with Crippen molar-refractivity contribution in [2.45, 2.75) is 6.92 Å². The van der Waals surface area contributed by atoms with E-state index in [0.717, 1.165) is 34.4 Å². The van der Waals surface area contributed by atoms with Crippen molar-refractivity contribution in [1.29, 1.82) is 0 Å². The van der Waals surface area contributed by atoms with E-state index in [1.807, 2.05) is 37.3 Å². The zero-order chi connectivity index (χ0) is 21.0. The Morgan fingerprint density at radius 2 is 1.66 bits per heavy atom. The largest absolute Gasteiger partial charge is 0.322 e. The average Bonchev–Trinajstić information content (AvgIpc) is 2.70. The fourth-order valence-electron chi connectivity index (χ4n) is 3.00. The van der Waals surface area contributed by atoms with Crippen molar-refractivity contribution in [1.82, 2.24) is 5.43 Å². The van der Waals surface area contributed by atoms with Crippen LogP contribution in [-0.4, -0.2) is 18.8 Å². The summed E-state index contributed by atoms with van der Waals surface area (Å²) in [5, 5.41) is 2.52. The quantitative estimate of drug-likeness (QED) is 0.271. The lowest BCUT2D eigenvalue weighted by atomic mass is 9.97. The van der Waals surface area contributed by atoms with Crippen LogP contribution in [0.1, 0.15) is 21.5 Å². The summed E-state index contributed by atoms with van der Waals surface area (Å²) in [6, 6.07) is 16.1. The van der Waals surface area contributed by atoms with Crippen LogP contribution in [0.4, 0.5) is 14.5 Å². The summed E-state index contributed by atoms with van der Waals surface area (Å²) in [5.41, 5.74) is 6.14. The third kappa shape index (κ3) is 4.30. The molecule has 4 N–H and O–H groups in total. The van der Waals surface area contributed by atoms with Crippen molar-refractivity contribution in [3.05, 3.63) is 89.0 Å². The predicted octanol–water partition coefficient (Wildman–Crippen LogP) is 4.03. The van der Waals surface area contributed by atoms with Crippen molar-refractivity contribution in [3.8, 4) is 11.1 Å². The van der Waals surface area contributed by atoms with Crippen LogP contribution in [0.2, 0.25) is 0 Å². The molecule has 0 unspecified atom stereocenters. The molecule has 0 heterocycles. The molecule has 0 saturated heterocycles. The first kappa shape index (κ1) is 20.2. The van der Waals surface area contributed by atoms with E-state index in [0.29, 0.717) is 11.5 Å². The van der Waals surface area contributed by atoms with E-state index in [4.69, 9.17) is 5.84 Å². The van der Waals surface area contributed by atoms with Crippen LogP contribution < -0.4 is 16.6 Å². The van der Waals surface area contributed by atoms with Crippen LogP contribution in [-0.2, 0) is 0 Å². The summed E-state index contributed by atoms with van der Waals surface area (Å²) in [7, 11) is 1.64. The van der Waals surface area contributed by atoms with Gasteiger partial charge in [0.2, 0.25) is 0 Å². The molecule has 0 radical (unpaired) electrons. The van der Waals surface area contributed by atoms with Gasteiger partial charge in [0.05, 0.1) is 0 Å². The summed E-state index contributed by atoms with van der Waals surface area (Å²) < 4.78 is 27.5. The number of amides is 1. The third-order valence-corrected chi connectivity index (χ3v) is 4.51. The summed E-state index contributed by atoms with van der Waals surface area (Å²) in [6.07, 6.45) is 0. The van der Waals surface area contributed by atoms with Crippen LogP contribution in [0, 0.1) is 18.6 Å². The SMILES string of the molecule is CN=C(NN)c1ccc(C)c(-c2ccc(NC(=O)c3c(F)cccc3F)cc2)c1. The highest BCUT2D eigenvalue weighted by Gasteiger charge is 2.17. The molecule has 0 aliphatic heterocycles. The Morgan fingerprint density at radius 1 is 1.00 bits per heavy atom. The molecular formula is C22H20F2N4O. The maximum absolute atomic E-state index is 13.8. The Morgan fingerprint density at radius 3 is 2.24 bits per heavy atom. The summed E-state index contributed by atoms with van der Waals surface area (Å²) in [6.45, 7) is 1.98. The molecule has 5 nitrogen and oxygen atoms in total. The zero-order valence-electron chi connectivity index (χ0n) is 16.0. The molecule has 0 aliphatic carbocycles. The second kappa shape index (κ2) is 8.62. The first-order valence-corrected chi connectivity index (χ1v) is 8.85. The van der Waals surface area contributed by atoms with Gasteiger partial charge in [0, 0.05) is 18.3 Å². The van der Waals surface area contributed by atoms with E-state index in [-0.39, 0.29) is 0 Å². The number of carbonyl (C=O) groups excluding carboxylic acids is 1. The number of nitrogens with two attached hydrogens (primary N) is 1. The molecule has 3 aromatic rings. The highest BCUT2D eigenvalue weighted by Crippen LogP contribution is 2.26. The molecule has 3 aromatic carbocycles. The smallest absolute Gasteiger partial charge is 0.261 e. The van der Waals surface area contributed by atoms with Crippen LogP contribution in [0.5, 0.6) is 0 Å². The minimum absolute atomic E-state index is 0.426. The van der Waals surface area contributed by atoms with Gasteiger partial charge in [0.15, 0.2) is 0 Å². The summed E-state index contributed by atoms with van der Waals surface area (Å²) in [4.78, 5) is 16.3. The first-order valence-electron chi connectivity index (χ1n) is 8.85. The number of aryl methyl sites for hydroxylation is 1. The van der Waals surface area contributed by atoms with Gasteiger partial charge in [0.1, 0.15) is 23.0 Å². The number of aliphatic imine (C=N–C) groups is 1. The number of hydrogen-bond donors (Lipinski definition) is 3. The fourth-order valence-corrected chi connectivity index (χ4v) is 3.00.